The average molecular weight is 366 g/mol. The van der Waals surface area contributed by atoms with Crippen LogP contribution in [-0.4, -0.2) is 11.9 Å². The topological polar surface area (TPSA) is 52.6 Å². The quantitative estimate of drug-likeness (QED) is 0.477. The third-order valence-corrected chi connectivity index (χ3v) is 4.35. The minimum Gasteiger partial charge on any atom is -0.461 e. The Morgan fingerprint density at radius 1 is 0.852 bits per heavy atom. The Labute approximate surface area is 160 Å². The smallest absolute Gasteiger partial charge is 0.310 e. The van der Waals surface area contributed by atoms with Crippen molar-refractivity contribution in [1.82, 2.24) is 0 Å². The highest BCUT2D eigenvalue weighted by atomic mass is 16.5. The summed E-state index contributed by atoms with van der Waals surface area (Å²) in [5, 5.41) is 0. The van der Waals surface area contributed by atoms with Gasteiger partial charge < -0.3 is 9.47 Å². The summed E-state index contributed by atoms with van der Waals surface area (Å²) < 4.78 is 10.8. The third kappa shape index (κ3) is 6.74. The van der Waals surface area contributed by atoms with Crippen molar-refractivity contribution in [1.29, 1.82) is 0 Å². The molecule has 142 valence electrons. The summed E-state index contributed by atoms with van der Waals surface area (Å²) in [5.74, 6) is -1.95. The first-order valence-electron chi connectivity index (χ1n) is 9.14. The van der Waals surface area contributed by atoms with E-state index in [0.29, 0.717) is 6.42 Å². The zero-order valence-corrected chi connectivity index (χ0v) is 15.8. The lowest BCUT2D eigenvalue weighted by atomic mass is 9.91. The van der Waals surface area contributed by atoms with E-state index in [-0.39, 0.29) is 19.2 Å². The minimum absolute atomic E-state index is 0.192. The van der Waals surface area contributed by atoms with Crippen LogP contribution in [0, 0.1) is 11.8 Å². The van der Waals surface area contributed by atoms with Gasteiger partial charge in [0.05, 0.1) is 11.8 Å². The van der Waals surface area contributed by atoms with E-state index in [1.807, 2.05) is 79.7 Å². The Morgan fingerprint density at radius 2 is 1.33 bits per heavy atom. The number of esters is 2. The fourth-order valence-electron chi connectivity index (χ4n) is 2.65. The molecule has 0 N–H and O–H groups in total. The third-order valence-electron chi connectivity index (χ3n) is 4.35. The molecule has 0 aliphatic heterocycles. The molecule has 2 atom stereocenters. The van der Waals surface area contributed by atoms with Crippen LogP contribution < -0.4 is 0 Å². The van der Waals surface area contributed by atoms with Crippen LogP contribution in [0.1, 0.15) is 31.4 Å². The fourth-order valence-corrected chi connectivity index (χ4v) is 2.65. The zero-order valence-electron chi connectivity index (χ0n) is 15.8. The van der Waals surface area contributed by atoms with E-state index < -0.39 is 17.8 Å². The molecule has 0 bridgehead atoms. The number of hydrogen-bond donors (Lipinski definition) is 0. The molecule has 2 unspecified atom stereocenters. The molecule has 4 heteroatoms. The molecule has 0 aliphatic rings. The normalized spacial score (nSPS) is 13.1. The van der Waals surface area contributed by atoms with Crippen LogP contribution in [0.3, 0.4) is 0 Å². The Bertz CT molecular complexity index is 737. The average Bonchev–Trinajstić information content (AvgIpc) is 2.72. The van der Waals surface area contributed by atoms with Crippen molar-refractivity contribution >= 4 is 11.9 Å². The molecule has 2 rings (SSSR count). The van der Waals surface area contributed by atoms with Crippen molar-refractivity contribution in [3.8, 4) is 0 Å². The number of carbonyl (C=O) groups excluding carboxylic acids is 2. The van der Waals surface area contributed by atoms with Crippen LogP contribution in [0.25, 0.3) is 0 Å². The summed E-state index contributed by atoms with van der Waals surface area (Å²) in [6.45, 7) is 3.98. The van der Waals surface area contributed by atoms with Crippen molar-refractivity contribution in [2.75, 3.05) is 0 Å². The molecule has 0 radical (unpaired) electrons. The van der Waals surface area contributed by atoms with E-state index >= 15 is 0 Å². The predicted molar refractivity (Wildman–Crippen MR) is 105 cm³/mol. The molecule has 0 amide bonds. The van der Waals surface area contributed by atoms with E-state index in [0.717, 1.165) is 11.1 Å². The van der Waals surface area contributed by atoms with Gasteiger partial charge in [0.15, 0.2) is 0 Å². The van der Waals surface area contributed by atoms with Crippen molar-refractivity contribution in [2.45, 2.75) is 33.5 Å². The summed E-state index contributed by atoms with van der Waals surface area (Å²) in [4.78, 5) is 25.0. The Morgan fingerprint density at radius 3 is 1.81 bits per heavy atom. The standard InChI is InChI=1S/C23H26O4/c1-3-4-15-21(23(25)27-17-20-13-9-6-10-14-20)18(2)22(24)26-16-19-11-7-5-8-12-19/h3-14,18,21H,15-17H2,1-2H3/b4-3+. The molecule has 0 aliphatic carbocycles. The predicted octanol–water partition coefficient (Wildman–Crippen LogP) is 4.69. The van der Waals surface area contributed by atoms with E-state index in [2.05, 4.69) is 0 Å². The fraction of sp³-hybridized carbons (Fsp3) is 0.304. The van der Waals surface area contributed by atoms with Crippen LogP contribution in [-0.2, 0) is 32.3 Å². The molecule has 0 fully saturated rings. The van der Waals surface area contributed by atoms with Gasteiger partial charge in [-0.2, -0.15) is 0 Å². The number of benzene rings is 2. The molecule has 27 heavy (non-hydrogen) atoms. The van der Waals surface area contributed by atoms with Gasteiger partial charge in [-0.1, -0.05) is 79.7 Å². The maximum atomic E-state index is 12.6. The van der Waals surface area contributed by atoms with Crippen molar-refractivity contribution in [3.63, 3.8) is 0 Å². The monoisotopic (exact) mass is 366 g/mol. The van der Waals surface area contributed by atoms with Crippen LogP contribution >= 0.6 is 0 Å². The van der Waals surface area contributed by atoms with E-state index in [4.69, 9.17) is 9.47 Å². The number of hydrogen-bond acceptors (Lipinski definition) is 4. The first-order valence-corrected chi connectivity index (χ1v) is 9.14. The van der Waals surface area contributed by atoms with Gasteiger partial charge in [0.2, 0.25) is 0 Å². The van der Waals surface area contributed by atoms with Crippen molar-refractivity contribution in [3.05, 3.63) is 83.9 Å². The first-order chi connectivity index (χ1) is 13.1. The lowest BCUT2D eigenvalue weighted by Crippen LogP contribution is -2.30. The zero-order chi connectivity index (χ0) is 19.5. The van der Waals surface area contributed by atoms with Crippen LogP contribution in [0.15, 0.2) is 72.8 Å². The SMILES string of the molecule is C/C=C/CC(C(=O)OCc1ccccc1)C(C)C(=O)OCc1ccccc1. The Kier molecular flexibility index (Phi) is 8.30. The van der Waals surface area contributed by atoms with Gasteiger partial charge in [0, 0.05) is 0 Å². The summed E-state index contributed by atoms with van der Waals surface area (Å²) in [5.41, 5.74) is 1.82. The summed E-state index contributed by atoms with van der Waals surface area (Å²) in [7, 11) is 0. The lowest BCUT2D eigenvalue weighted by molar-refractivity contribution is -0.161. The molecule has 0 aromatic heterocycles. The number of rotatable bonds is 9. The van der Waals surface area contributed by atoms with E-state index in [9.17, 15) is 9.59 Å². The Balaban J connectivity index is 1.95. The lowest BCUT2D eigenvalue weighted by Gasteiger charge is -2.20. The second kappa shape index (κ2) is 11.0. The number of ether oxygens (including phenoxy) is 2. The van der Waals surface area contributed by atoms with Gasteiger partial charge in [-0.15, -0.1) is 0 Å². The maximum Gasteiger partial charge on any atom is 0.310 e. The molecule has 0 heterocycles. The molecule has 0 saturated carbocycles. The Hall–Kier alpha value is -2.88. The van der Waals surface area contributed by atoms with Gasteiger partial charge >= 0.3 is 11.9 Å². The first kappa shape index (κ1) is 20.4. The van der Waals surface area contributed by atoms with Crippen molar-refractivity contribution < 1.29 is 19.1 Å². The highest BCUT2D eigenvalue weighted by molar-refractivity contribution is 5.82. The van der Waals surface area contributed by atoms with E-state index in [1.165, 1.54) is 0 Å². The molecular weight excluding hydrogens is 340 g/mol. The van der Waals surface area contributed by atoms with Crippen molar-refractivity contribution in [2.24, 2.45) is 11.8 Å². The van der Waals surface area contributed by atoms with Gasteiger partial charge in [0.1, 0.15) is 13.2 Å². The number of allylic oxidation sites excluding steroid dienone is 2. The summed E-state index contributed by atoms with van der Waals surface area (Å²) >= 11 is 0. The van der Waals surface area contributed by atoms with Crippen LogP contribution in [0.5, 0.6) is 0 Å². The molecule has 2 aromatic rings. The summed E-state index contributed by atoms with van der Waals surface area (Å²) in [6, 6.07) is 19.0. The molecular formula is C23H26O4. The molecule has 0 saturated heterocycles. The van der Waals surface area contributed by atoms with E-state index in [1.54, 1.807) is 6.92 Å². The second-order valence-electron chi connectivity index (χ2n) is 6.39. The molecule has 2 aromatic carbocycles. The summed E-state index contributed by atoms with van der Waals surface area (Å²) in [6.07, 6.45) is 4.17. The highest BCUT2D eigenvalue weighted by Gasteiger charge is 2.31. The minimum atomic E-state index is -0.590. The van der Waals surface area contributed by atoms with Crippen LogP contribution in [0.2, 0.25) is 0 Å². The van der Waals surface area contributed by atoms with Gasteiger partial charge in [-0.25, -0.2) is 0 Å². The second-order valence-corrected chi connectivity index (χ2v) is 6.39. The number of carbonyl (C=O) groups is 2. The molecule has 4 nitrogen and oxygen atoms in total. The maximum absolute atomic E-state index is 12.6. The van der Waals surface area contributed by atoms with Crippen LogP contribution in [0.4, 0.5) is 0 Å². The molecule has 0 spiro atoms. The highest BCUT2D eigenvalue weighted by Crippen LogP contribution is 2.21. The largest absolute Gasteiger partial charge is 0.461 e. The van der Waals surface area contributed by atoms with Gasteiger partial charge in [-0.3, -0.25) is 9.59 Å². The van der Waals surface area contributed by atoms with Gasteiger partial charge in [-0.05, 0) is 24.5 Å². The van der Waals surface area contributed by atoms with Gasteiger partial charge in [0.25, 0.3) is 0 Å².